The molecule has 3 aromatic rings. The Balaban J connectivity index is 1.63. The van der Waals surface area contributed by atoms with Crippen molar-refractivity contribution in [1.29, 1.82) is 0 Å². The number of tetrazole rings is 1. The molecule has 25 heavy (non-hydrogen) atoms. The Kier molecular flexibility index (Phi) is 5.57. The largest absolute Gasteiger partial charge is 0.345 e. The van der Waals surface area contributed by atoms with Crippen LogP contribution in [-0.2, 0) is 11.3 Å². The second-order valence-electron chi connectivity index (χ2n) is 5.09. The van der Waals surface area contributed by atoms with Crippen LogP contribution in [0.15, 0.2) is 59.1 Å². The zero-order valence-corrected chi connectivity index (χ0v) is 15.3. The molecule has 1 N–H and O–H groups in total. The van der Waals surface area contributed by atoms with E-state index in [2.05, 4.69) is 36.8 Å². The monoisotopic (exact) mass is 417 g/mol. The highest BCUT2D eigenvalue weighted by atomic mass is 79.9. The number of hydrogen-bond acceptors (Lipinski definition) is 4. The van der Waals surface area contributed by atoms with Crippen molar-refractivity contribution in [3.63, 3.8) is 0 Å². The van der Waals surface area contributed by atoms with Crippen LogP contribution >= 0.6 is 27.5 Å². The average molecular weight is 419 g/mol. The molecular formula is C17H13BrClN5O. The molecule has 0 radical (unpaired) electrons. The molecule has 0 aliphatic carbocycles. The van der Waals surface area contributed by atoms with E-state index in [-0.39, 0.29) is 12.5 Å². The number of nitrogens with zero attached hydrogens (tertiary/aromatic N) is 4. The fourth-order valence-corrected chi connectivity index (χ4v) is 2.61. The fraction of sp³-hybridized carbons (Fsp3) is 0.0588. The minimum atomic E-state index is -0.237. The first-order valence-electron chi connectivity index (χ1n) is 7.36. The molecule has 1 aromatic heterocycles. The number of hydrogen-bond donors (Lipinski definition) is 1. The van der Waals surface area contributed by atoms with E-state index >= 15 is 0 Å². The summed E-state index contributed by atoms with van der Waals surface area (Å²) in [6.07, 6.45) is 3.17. The van der Waals surface area contributed by atoms with Crippen molar-refractivity contribution in [3.05, 3.63) is 75.5 Å². The molecule has 0 atom stereocenters. The van der Waals surface area contributed by atoms with Crippen molar-refractivity contribution in [2.45, 2.75) is 6.54 Å². The third kappa shape index (κ3) is 4.74. The molecule has 3 rings (SSSR count). The van der Waals surface area contributed by atoms with E-state index in [9.17, 15) is 4.79 Å². The Hall–Kier alpha value is -2.51. The number of benzene rings is 2. The number of amides is 1. The zero-order chi connectivity index (χ0) is 17.6. The van der Waals surface area contributed by atoms with Crippen LogP contribution in [0.25, 0.3) is 11.8 Å². The number of halogens is 2. The SMILES string of the molecule is O=C(/C=C/c1ccc(Cl)cc1)NCc1nnnn1-c1cccc(Br)c1. The van der Waals surface area contributed by atoms with Gasteiger partial charge in [-0.15, -0.1) is 5.10 Å². The summed E-state index contributed by atoms with van der Waals surface area (Å²) in [4.78, 5) is 12.0. The van der Waals surface area contributed by atoms with Crippen LogP contribution in [-0.4, -0.2) is 26.1 Å². The highest BCUT2D eigenvalue weighted by molar-refractivity contribution is 9.10. The summed E-state index contributed by atoms with van der Waals surface area (Å²) in [5.41, 5.74) is 1.69. The first kappa shape index (κ1) is 17.3. The van der Waals surface area contributed by atoms with Crippen molar-refractivity contribution < 1.29 is 4.79 Å². The molecular weight excluding hydrogens is 406 g/mol. The lowest BCUT2D eigenvalue weighted by atomic mass is 10.2. The summed E-state index contributed by atoms with van der Waals surface area (Å²) in [5, 5.41) is 15.0. The molecule has 6 nitrogen and oxygen atoms in total. The van der Waals surface area contributed by atoms with Crippen LogP contribution in [0.4, 0.5) is 0 Å². The Morgan fingerprint density at radius 3 is 2.80 bits per heavy atom. The Morgan fingerprint density at radius 1 is 1.24 bits per heavy atom. The van der Waals surface area contributed by atoms with E-state index in [0.29, 0.717) is 10.8 Å². The summed E-state index contributed by atoms with van der Waals surface area (Å²) in [6.45, 7) is 0.212. The van der Waals surface area contributed by atoms with E-state index in [1.807, 2.05) is 36.4 Å². The van der Waals surface area contributed by atoms with Gasteiger partial charge in [0.2, 0.25) is 5.91 Å². The van der Waals surface area contributed by atoms with Crippen molar-refractivity contribution >= 4 is 39.5 Å². The molecule has 0 bridgehead atoms. The number of carbonyl (C=O) groups excluding carboxylic acids is 1. The first-order chi connectivity index (χ1) is 12.1. The van der Waals surface area contributed by atoms with Gasteiger partial charge in [0, 0.05) is 15.6 Å². The van der Waals surface area contributed by atoms with Gasteiger partial charge in [0.1, 0.15) is 0 Å². The second kappa shape index (κ2) is 8.04. The molecule has 0 aliphatic heterocycles. The lowest BCUT2D eigenvalue weighted by molar-refractivity contribution is -0.116. The van der Waals surface area contributed by atoms with Gasteiger partial charge in [-0.3, -0.25) is 4.79 Å². The maximum atomic E-state index is 12.0. The van der Waals surface area contributed by atoms with Crippen LogP contribution < -0.4 is 5.32 Å². The molecule has 0 saturated heterocycles. The highest BCUT2D eigenvalue weighted by Crippen LogP contribution is 2.15. The maximum Gasteiger partial charge on any atom is 0.244 e. The van der Waals surface area contributed by atoms with Gasteiger partial charge >= 0.3 is 0 Å². The van der Waals surface area contributed by atoms with E-state index in [4.69, 9.17) is 11.6 Å². The van der Waals surface area contributed by atoms with Gasteiger partial charge in [0.05, 0.1) is 12.2 Å². The molecule has 0 saturated carbocycles. The van der Waals surface area contributed by atoms with Crippen LogP contribution in [0.3, 0.4) is 0 Å². The van der Waals surface area contributed by atoms with Gasteiger partial charge in [0.25, 0.3) is 0 Å². The Bertz CT molecular complexity index is 907. The van der Waals surface area contributed by atoms with Crippen molar-refractivity contribution in [3.8, 4) is 5.69 Å². The predicted molar refractivity (Wildman–Crippen MR) is 99.2 cm³/mol. The van der Waals surface area contributed by atoms with Crippen LogP contribution in [0.1, 0.15) is 11.4 Å². The van der Waals surface area contributed by atoms with Gasteiger partial charge in [0.15, 0.2) is 5.82 Å². The van der Waals surface area contributed by atoms with Gasteiger partial charge < -0.3 is 5.32 Å². The molecule has 126 valence electrons. The van der Waals surface area contributed by atoms with Gasteiger partial charge in [-0.05, 0) is 52.4 Å². The summed E-state index contributed by atoms with van der Waals surface area (Å²) >= 11 is 9.24. The zero-order valence-electron chi connectivity index (χ0n) is 12.9. The predicted octanol–water partition coefficient (Wildman–Crippen LogP) is 3.41. The summed E-state index contributed by atoms with van der Waals surface area (Å²) in [7, 11) is 0. The molecule has 1 amide bonds. The van der Waals surface area contributed by atoms with Crippen LogP contribution in [0.2, 0.25) is 5.02 Å². The third-order valence-corrected chi connectivity index (χ3v) is 4.05. The molecule has 2 aromatic carbocycles. The minimum absolute atomic E-state index is 0.212. The first-order valence-corrected chi connectivity index (χ1v) is 8.53. The quantitative estimate of drug-likeness (QED) is 0.645. The van der Waals surface area contributed by atoms with Gasteiger partial charge in [-0.25, -0.2) is 0 Å². The highest BCUT2D eigenvalue weighted by Gasteiger charge is 2.09. The van der Waals surface area contributed by atoms with Crippen molar-refractivity contribution in [2.24, 2.45) is 0 Å². The standard InChI is InChI=1S/C17H13BrClN5O/c18-13-2-1-3-15(10-13)24-16(21-22-23-24)11-20-17(25)9-6-12-4-7-14(19)8-5-12/h1-10H,11H2,(H,20,25)/b9-6+. The molecule has 0 aliphatic rings. The molecule has 1 heterocycles. The third-order valence-electron chi connectivity index (χ3n) is 3.30. The molecule has 0 unspecified atom stereocenters. The molecule has 0 spiro atoms. The summed E-state index contributed by atoms with van der Waals surface area (Å²) < 4.78 is 2.50. The summed E-state index contributed by atoms with van der Waals surface area (Å²) in [6, 6.07) is 14.8. The van der Waals surface area contributed by atoms with Gasteiger partial charge in [-0.2, -0.15) is 4.68 Å². The number of aromatic nitrogens is 4. The van der Waals surface area contributed by atoms with Crippen molar-refractivity contribution in [1.82, 2.24) is 25.5 Å². The van der Waals surface area contributed by atoms with E-state index in [1.165, 1.54) is 6.08 Å². The van der Waals surface area contributed by atoms with Crippen molar-refractivity contribution in [2.75, 3.05) is 0 Å². The van der Waals surface area contributed by atoms with E-state index in [1.54, 1.807) is 22.9 Å². The lowest BCUT2D eigenvalue weighted by Crippen LogP contribution is -2.22. The van der Waals surface area contributed by atoms with Gasteiger partial charge in [-0.1, -0.05) is 45.7 Å². The number of rotatable bonds is 5. The summed E-state index contributed by atoms with van der Waals surface area (Å²) in [5.74, 6) is 0.296. The second-order valence-corrected chi connectivity index (χ2v) is 6.44. The minimum Gasteiger partial charge on any atom is -0.345 e. The lowest BCUT2D eigenvalue weighted by Gasteiger charge is -2.05. The van der Waals surface area contributed by atoms with Crippen LogP contribution in [0.5, 0.6) is 0 Å². The smallest absolute Gasteiger partial charge is 0.244 e. The van der Waals surface area contributed by atoms with E-state index < -0.39 is 0 Å². The molecule has 0 fully saturated rings. The topological polar surface area (TPSA) is 72.7 Å². The number of nitrogens with one attached hydrogen (secondary N) is 1. The number of carbonyl (C=O) groups is 1. The van der Waals surface area contributed by atoms with Crippen LogP contribution in [0, 0.1) is 0 Å². The average Bonchev–Trinajstić information content (AvgIpc) is 3.08. The fourth-order valence-electron chi connectivity index (χ4n) is 2.10. The normalized spacial score (nSPS) is 11.0. The van der Waals surface area contributed by atoms with E-state index in [0.717, 1.165) is 15.7 Å². The maximum absolute atomic E-state index is 12.0. The Labute approximate surface area is 157 Å². The Morgan fingerprint density at radius 2 is 2.04 bits per heavy atom. The molecule has 8 heteroatoms.